The molecule has 2 amide bonds. The van der Waals surface area contributed by atoms with E-state index in [-0.39, 0.29) is 58.7 Å². The number of hydrogen-bond donors (Lipinski definition) is 4. The van der Waals surface area contributed by atoms with Gasteiger partial charge in [0.25, 0.3) is 0 Å². The van der Waals surface area contributed by atoms with Gasteiger partial charge in [-0.2, -0.15) is 0 Å². The van der Waals surface area contributed by atoms with E-state index in [0.29, 0.717) is 24.5 Å². The summed E-state index contributed by atoms with van der Waals surface area (Å²) in [5.74, 6) is -1.32. The van der Waals surface area contributed by atoms with E-state index in [2.05, 4.69) is 21.3 Å². The van der Waals surface area contributed by atoms with Crippen molar-refractivity contribution in [1.82, 2.24) is 10.6 Å². The van der Waals surface area contributed by atoms with E-state index in [4.69, 9.17) is 0 Å². The number of carbonyl (C=O) groups excluding carboxylic acids is 4. The van der Waals surface area contributed by atoms with Gasteiger partial charge in [0.2, 0.25) is 11.8 Å². The van der Waals surface area contributed by atoms with Gasteiger partial charge < -0.3 is 21.3 Å². The van der Waals surface area contributed by atoms with E-state index in [1.54, 1.807) is 36.4 Å². The van der Waals surface area contributed by atoms with Crippen molar-refractivity contribution in [2.45, 2.75) is 26.7 Å². The summed E-state index contributed by atoms with van der Waals surface area (Å²) in [4.78, 5) is 51.2. The Hall–Kier alpha value is -3.36. The highest BCUT2D eigenvalue weighted by Gasteiger charge is 2.34. The molecule has 0 heterocycles. The number of amides is 2. The second kappa shape index (κ2) is 10.8. The Balaban J connectivity index is 1.88. The monoisotopic (exact) mass is 436 g/mol. The van der Waals surface area contributed by atoms with Crippen LogP contribution in [0.4, 0.5) is 11.4 Å². The third-order valence-electron chi connectivity index (χ3n) is 5.05. The van der Waals surface area contributed by atoms with Crippen LogP contribution < -0.4 is 21.3 Å². The SMILES string of the molecule is CCCNCC(=O)Nc1cccc2c1C(=O)c1cccc(NC(=O)CNCCC)c1C2=O. The zero-order valence-corrected chi connectivity index (χ0v) is 18.3. The molecule has 0 atom stereocenters. The lowest BCUT2D eigenvalue weighted by Gasteiger charge is -2.22. The third-order valence-corrected chi connectivity index (χ3v) is 5.05. The summed E-state index contributed by atoms with van der Waals surface area (Å²) >= 11 is 0. The van der Waals surface area contributed by atoms with Gasteiger partial charge >= 0.3 is 0 Å². The van der Waals surface area contributed by atoms with Crippen LogP contribution in [0.3, 0.4) is 0 Å². The molecule has 0 fully saturated rings. The number of ketones is 2. The molecule has 0 bridgehead atoms. The number of hydrogen-bond acceptors (Lipinski definition) is 6. The summed E-state index contributed by atoms with van der Waals surface area (Å²) in [6.07, 6.45) is 1.79. The van der Waals surface area contributed by atoms with Crippen LogP contribution in [0.5, 0.6) is 0 Å². The Morgan fingerprint density at radius 1 is 0.688 bits per heavy atom. The van der Waals surface area contributed by atoms with Crippen molar-refractivity contribution in [3.63, 3.8) is 0 Å². The molecule has 0 spiro atoms. The van der Waals surface area contributed by atoms with Crippen molar-refractivity contribution in [2.75, 3.05) is 36.8 Å². The second-order valence-corrected chi connectivity index (χ2v) is 7.56. The molecule has 0 aliphatic heterocycles. The summed E-state index contributed by atoms with van der Waals surface area (Å²) < 4.78 is 0. The summed E-state index contributed by atoms with van der Waals surface area (Å²) in [6, 6.07) is 9.59. The van der Waals surface area contributed by atoms with Crippen LogP contribution in [0.2, 0.25) is 0 Å². The molecular weight excluding hydrogens is 408 g/mol. The van der Waals surface area contributed by atoms with Crippen LogP contribution >= 0.6 is 0 Å². The first-order valence-electron chi connectivity index (χ1n) is 10.8. The lowest BCUT2D eigenvalue weighted by molar-refractivity contribution is -0.116. The fourth-order valence-corrected chi connectivity index (χ4v) is 3.60. The van der Waals surface area contributed by atoms with E-state index in [9.17, 15) is 19.2 Å². The number of benzene rings is 2. The van der Waals surface area contributed by atoms with Crippen LogP contribution in [0.1, 0.15) is 58.5 Å². The predicted octanol–water partition coefficient (Wildman–Crippen LogP) is 2.34. The molecule has 0 aromatic heterocycles. The largest absolute Gasteiger partial charge is 0.324 e. The maximum Gasteiger partial charge on any atom is 0.238 e. The smallest absolute Gasteiger partial charge is 0.238 e. The molecule has 2 aromatic rings. The average Bonchev–Trinajstić information content (AvgIpc) is 2.77. The number of fused-ring (bicyclic) bond motifs is 2. The highest BCUT2D eigenvalue weighted by molar-refractivity contribution is 6.32. The summed E-state index contributed by atoms with van der Waals surface area (Å²) in [6.45, 7) is 5.62. The fourth-order valence-electron chi connectivity index (χ4n) is 3.60. The molecule has 168 valence electrons. The molecular formula is C24H28N4O4. The first-order chi connectivity index (χ1) is 15.5. The van der Waals surface area contributed by atoms with Gasteiger partial charge in [-0.05, 0) is 38.1 Å². The van der Waals surface area contributed by atoms with Gasteiger partial charge in [0.05, 0.1) is 35.6 Å². The first-order valence-corrected chi connectivity index (χ1v) is 10.8. The third kappa shape index (κ3) is 5.09. The minimum absolute atomic E-state index is 0.110. The highest BCUT2D eigenvalue weighted by Crippen LogP contribution is 2.35. The van der Waals surface area contributed by atoms with Crippen LogP contribution in [0.25, 0.3) is 0 Å². The molecule has 1 aliphatic rings. The molecule has 1 aliphatic carbocycles. The van der Waals surface area contributed by atoms with E-state index in [0.717, 1.165) is 12.8 Å². The minimum atomic E-state index is -0.368. The van der Waals surface area contributed by atoms with Crippen LogP contribution in [0.15, 0.2) is 36.4 Å². The molecule has 3 rings (SSSR count). The normalized spacial score (nSPS) is 12.2. The van der Waals surface area contributed by atoms with Crippen molar-refractivity contribution in [2.24, 2.45) is 0 Å². The Kier molecular flexibility index (Phi) is 7.86. The van der Waals surface area contributed by atoms with E-state index in [1.165, 1.54) is 0 Å². The van der Waals surface area contributed by atoms with Gasteiger partial charge in [-0.3, -0.25) is 19.2 Å². The number of anilines is 2. The number of carbonyl (C=O) groups is 4. The Labute approximate surface area is 187 Å². The molecule has 0 saturated carbocycles. The molecule has 0 saturated heterocycles. The van der Waals surface area contributed by atoms with Crippen LogP contribution in [0, 0.1) is 0 Å². The van der Waals surface area contributed by atoms with Crippen LogP contribution in [-0.4, -0.2) is 49.6 Å². The average molecular weight is 437 g/mol. The Morgan fingerprint density at radius 2 is 1.09 bits per heavy atom. The molecule has 0 radical (unpaired) electrons. The van der Waals surface area contributed by atoms with Crippen molar-refractivity contribution in [3.05, 3.63) is 58.7 Å². The second-order valence-electron chi connectivity index (χ2n) is 7.56. The van der Waals surface area contributed by atoms with Crippen molar-refractivity contribution >= 4 is 34.8 Å². The standard InChI is InChI=1S/C24H28N4O4/c1-3-11-25-13-19(29)27-17-9-5-7-15-21(17)23(31)16-8-6-10-18(22(16)24(15)32)28-20(30)14-26-12-4-2/h5-10,25-26H,3-4,11-14H2,1-2H3,(H,27,29)(H,28,30). The lowest BCUT2D eigenvalue weighted by atomic mass is 9.82. The summed E-state index contributed by atoms with van der Waals surface area (Å²) in [5, 5.41) is 11.5. The fraction of sp³-hybridized carbons (Fsp3) is 0.333. The maximum absolute atomic E-state index is 13.3. The number of nitrogens with one attached hydrogen (secondary N) is 4. The molecule has 8 heteroatoms. The maximum atomic E-state index is 13.3. The Morgan fingerprint density at radius 3 is 1.47 bits per heavy atom. The van der Waals surface area contributed by atoms with Gasteiger partial charge in [-0.15, -0.1) is 0 Å². The lowest BCUT2D eigenvalue weighted by Crippen LogP contribution is -2.31. The van der Waals surface area contributed by atoms with Gasteiger partial charge in [-0.1, -0.05) is 38.1 Å². The molecule has 32 heavy (non-hydrogen) atoms. The van der Waals surface area contributed by atoms with Crippen molar-refractivity contribution in [3.8, 4) is 0 Å². The van der Waals surface area contributed by atoms with Crippen molar-refractivity contribution in [1.29, 1.82) is 0 Å². The van der Waals surface area contributed by atoms with Crippen LogP contribution in [-0.2, 0) is 9.59 Å². The highest BCUT2D eigenvalue weighted by atomic mass is 16.2. The van der Waals surface area contributed by atoms with E-state index < -0.39 is 0 Å². The van der Waals surface area contributed by atoms with Gasteiger partial charge in [0, 0.05) is 11.1 Å². The minimum Gasteiger partial charge on any atom is -0.324 e. The Bertz CT molecular complexity index is 965. The predicted molar refractivity (Wildman–Crippen MR) is 123 cm³/mol. The quantitative estimate of drug-likeness (QED) is 0.363. The van der Waals surface area contributed by atoms with E-state index >= 15 is 0 Å². The molecule has 4 N–H and O–H groups in total. The summed E-state index contributed by atoms with van der Waals surface area (Å²) in [5.41, 5.74) is 1.34. The van der Waals surface area contributed by atoms with Crippen molar-refractivity contribution < 1.29 is 19.2 Å². The van der Waals surface area contributed by atoms with Gasteiger partial charge in [0.1, 0.15) is 0 Å². The first kappa shape index (κ1) is 23.3. The zero-order valence-electron chi connectivity index (χ0n) is 18.3. The van der Waals surface area contributed by atoms with Gasteiger partial charge in [-0.25, -0.2) is 0 Å². The summed E-state index contributed by atoms with van der Waals surface area (Å²) in [7, 11) is 0. The number of rotatable bonds is 10. The van der Waals surface area contributed by atoms with Gasteiger partial charge in [0.15, 0.2) is 11.6 Å². The topological polar surface area (TPSA) is 116 Å². The molecule has 0 unspecified atom stereocenters. The zero-order chi connectivity index (χ0) is 23.1. The van der Waals surface area contributed by atoms with E-state index in [1.807, 2.05) is 13.8 Å². The molecule has 2 aromatic carbocycles. The molecule has 8 nitrogen and oxygen atoms in total.